The van der Waals surface area contributed by atoms with E-state index in [1.165, 1.54) is 6.07 Å². The van der Waals surface area contributed by atoms with E-state index in [1.807, 2.05) is 0 Å². The fraction of sp³-hybridized carbons (Fsp3) is 0.500. The molecule has 0 amide bonds. The molecule has 0 unspecified atom stereocenters. The number of phenolic OH excluding ortho intramolecular Hbond substituents is 2. The van der Waals surface area contributed by atoms with Crippen LogP contribution in [0.4, 0.5) is 0 Å². The van der Waals surface area contributed by atoms with Crippen LogP contribution in [-0.4, -0.2) is 63.8 Å². The molecule has 6 heteroatoms. The first-order valence-corrected chi connectivity index (χ1v) is 6.72. The van der Waals surface area contributed by atoms with Gasteiger partial charge in [0, 0.05) is 39.3 Å². The Morgan fingerprint density at radius 3 is 2.30 bits per heavy atom. The van der Waals surface area contributed by atoms with Gasteiger partial charge in [-0.05, 0) is 17.7 Å². The Labute approximate surface area is 117 Å². The van der Waals surface area contributed by atoms with Crippen LogP contribution in [-0.2, 0) is 11.3 Å². The molecule has 110 valence electrons. The zero-order chi connectivity index (χ0) is 14.5. The third-order valence-corrected chi connectivity index (χ3v) is 3.55. The minimum Gasteiger partial charge on any atom is -0.504 e. The zero-order valence-electron chi connectivity index (χ0n) is 11.3. The smallest absolute Gasteiger partial charge is 0.304 e. The number of rotatable bonds is 5. The predicted molar refractivity (Wildman–Crippen MR) is 73.7 cm³/mol. The number of carboxylic acid groups (broad SMARTS) is 1. The van der Waals surface area contributed by atoms with Gasteiger partial charge in [-0.1, -0.05) is 6.07 Å². The van der Waals surface area contributed by atoms with Gasteiger partial charge in [-0.25, -0.2) is 0 Å². The molecule has 1 aliphatic heterocycles. The maximum absolute atomic E-state index is 10.5. The molecule has 1 aliphatic rings. The largest absolute Gasteiger partial charge is 0.504 e. The highest BCUT2D eigenvalue weighted by Gasteiger charge is 2.17. The van der Waals surface area contributed by atoms with Crippen molar-refractivity contribution in [3.8, 4) is 11.5 Å². The second kappa shape index (κ2) is 6.58. The number of benzene rings is 1. The number of hydrogen-bond donors (Lipinski definition) is 3. The monoisotopic (exact) mass is 280 g/mol. The molecule has 0 atom stereocenters. The number of piperazine rings is 1. The molecule has 1 heterocycles. The van der Waals surface area contributed by atoms with Gasteiger partial charge in [-0.2, -0.15) is 0 Å². The predicted octanol–water partition coefficient (Wildman–Crippen LogP) is 0.690. The normalized spacial score (nSPS) is 17.2. The van der Waals surface area contributed by atoms with Gasteiger partial charge in [-0.15, -0.1) is 0 Å². The van der Waals surface area contributed by atoms with Gasteiger partial charge in [0.25, 0.3) is 0 Å². The highest BCUT2D eigenvalue weighted by Crippen LogP contribution is 2.25. The number of nitrogens with zero attached hydrogens (tertiary/aromatic N) is 2. The average molecular weight is 280 g/mol. The molecule has 1 saturated heterocycles. The van der Waals surface area contributed by atoms with Crippen LogP contribution in [0.25, 0.3) is 0 Å². The lowest BCUT2D eigenvalue weighted by atomic mass is 10.1. The molecule has 0 aliphatic carbocycles. The number of aliphatic carboxylic acids is 1. The van der Waals surface area contributed by atoms with Crippen LogP contribution < -0.4 is 0 Å². The van der Waals surface area contributed by atoms with Gasteiger partial charge < -0.3 is 20.2 Å². The molecule has 6 nitrogen and oxygen atoms in total. The number of hydrogen-bond acceptors (Lipinski definition) is 5. The molecule has 0 saturated carbocycles. The highest BCUT2D eigenvalue weighted by atomic mass is 16.4. The minimum absolute atomic E-state index is 0.0948. The lowest BCUT2D eigenvalue weighted by Crippen LogP contribution is -2.46. The van der Waals surface area contributed by atoms with E-state index in [0.29, 0.717) is 6.54 Å². The van der Waals surface area contributed by atoms with Crippen molar-refractivity contribution in [2.24, 2.45) is 0 Å². The molecule has 1 aromatic rings. The van der Waals surface area contributed by atoms with Crippen LogP contribution in [0.1, 0.15) is 12.0 Å². The number of phenols is 2. The first-order valence-electron chi connectivity index (χ1n) is 6.72. The molecule has 20 heavy (non-hydrogen) atoms. The van der Waals surface area contributed by atoms with Crippen molar-refractivity contribution in [2.75, 3.05) is 32.7 Å². The van der Waals surface area contributed by atoms with Gasteiger partial charge in [0.1, 0.15) is 0 Å². The fourth-order valence-electron chi connectivity index (χ4n) is 2.35. The molecule has 0 radical (unpaired) electrons. The second-order valence-electron chi connectivity index (χ2n) is 5.08. The van der Waals surface area contributed by atoms with E-state index in [2.05, 4.69) is 9.80 Å². The highest BCUT2D eigenvalue weighted by molar-refractivity contribution is 5.66. The first kappa shape index (κ1) is 14.6. The SMILES string of the molecule is O=C(O)CCN1CCN(Cc2ccc(O)c(O)c2)CC1. The van der Waals surface area contributed by atoms with E-state index in [4.69, 9.17) is 5.11 Å². The Kier molecular flexibility index (Phi) is 4.81. The maximum atomic E-state index is 10.5. The third kappa shape index (κ3) is 4.11. The summed E-state index contributed by atoms with van der Waals surface area (Å²) in [4.78, 5) is 14.9. The third-order valence-electron chi connectivity index (χ3n) is 3.55. The fourth-order valence-corrected chi connectivity index (χ4v) is 2.35. The minimum atomic E-state index is -0.757. The van der Waals surface area contributed by atoms with Crippen LogP contribution >= 0.6 is 0 Å². The zero-order valence-corrected chi connectivity index (χ0v) is 11.3. The number of carbonyl (C=O) groups is 1. The van der Waals surface area contributed by atoms with Gasteiger partial charge in [-0.3, -0.25) is 9.69 Å². The molecule has 1 aromatic carbocycles. The molecule has 0 aromatic heterocycles. The van der Waals surface area contributed by atoms with Gasteiger partial charge in [0.2, 0.25) is 0 Å². The summed E-state index contributed by atoms with van der Waals surface area (Å²) in [5.41, 5.74) is 0.958. The molecular weight excluding hydrogens is 260 g/mol. The molecular formula is C14H20N2O4. The summed E-state index contributed by atoms with van der Waals surface area (Å²) in [6, 6.07) is 4.87. The van der Waals surface area contributed by atoms with E-state index in [-0.39, 0.29) is 17.9 Å². The van der Waals surface area contributed by atoms with Gasteiger partial charge >= 0.3 is 5.97 Å². The van der Waals surface area contributed by atoms with E-state index in [1.54, 1.807) is 12.1 Å². The summed E-state index contributed by atoms with van der Waals surface area (Å²) in [7, 11) is 0. The molecule has 3 N–H and O–H groups in total. The Hall–Kier alpha value is -1.79. The maximum Gasteiger partial charge on any atom is 0.304 e. The van der Waals surface area contributed by atoms with Crippen molar-refractivity contribution in [3.05, 3.63) is 23.8 Å². The summed E-state index contributed by atoms with van der Waals surface area (Å²) in [6.45, 7) is 4.79. The number of carboxylic acids is 1. The van der Waals surface area contributed by atoms with Crippen LogP contribution in [0, 0.1) is 0 Å². The van der Waals surface area contributed by atoms with Gasteiger partial charge in [0.05, 0.1) is 6.42 Å². The topological polar surface area (TPSA) is 84.2 Å². The summed E-state index contributed by atoms with van der Waals surface area (Å²) < 4.78 is 0. The summed E-state index contributed by atoms with van der Waals surface area (Å²) in [5, 5.41) is 27.4. The number of aromatic hydroxyl groups is 2. The Bertz CT molecular complexity index is 470. The van der Waals surface area contributed by atoms with E-state index < -0.39 is 5.97 Å². The summed E-state index contributed by atoms with van der Waals surface area (Å²) in [5.74, 6) is -0.957. The van der Waals surface area contributed by atoms with Crippen molar-refractivity contribution >= 4 is 5.97 Å². The summed E-state index contributed by atoms with van der Waals surface area (Å²) >= 11 is 0. The molecule has 2 rings (SSSR count). The molecule has 0 spiro atoms. The summed E-state index contributed by atoms with van der Waals surface area (Å²) in [6.07, 6.45) is 0.186. The Balaban J connectivity index is 1.79. The quantitative estimate of drug-likeness (QED) is 0.688. The van der Waals surface area contributed by atoms with E-state index in [9.17, 15) is 15.0 Å². The van der Waals surface area contributed by atoms with Crippen molar-refractivity contribution in [1.29, 1.82) is 0 Å². The Morgan fingerprint density at radius 2 is 1.70 bits per heavy atom. The second-order valence-corrected chi connectivity index (χ2v) is 5.08. The average Bonchev–Trinajstić information content (AvgIpc) is 2.42. The molecule has 1 fully saturated rings. The lowest BCUT2D eigenvalue weighted by Gasteiger charge is -2.34. The van der Waals surface area contributed by atoms with Crippen molar-refractivity contribution in [1.82, 2.24) is 9.80 Å². The van der Waals surface area contributed by atoms with Crippen molar-refractivity contribution < 1.29 is 20.1 Å². The van der Waals surface area contributed by atoms with E-state index in [0.717, 1.165) is 38.3 Å². The lowest BCUT2D eigenvalue weighted by molar-refractivity contribution is -0.137. The van der Waals surface area contributed by atoms with Gasteiger partial charge in [0.15, 0.2) is 11.5 Å². The first-order chi connectivity index (χ1) is 9.54. The van der Waals surface area contributed by atoms with Crippen molar-refractivity contribution in [3.63, 3.8) is 0 Å². The van der Waals surface area contributed by atoms with Crippen LogP contribution in [0.15, 0.2) is 18.2 Å². The standard InChI is InChI=1S/C14H20N2O4/c17-12-2-1-11(9-13(12)18)10-16-7-5-15(6-8-16)4-3-14(19)20/h1-2,9,17-18H,3-8,10H2,(H,19,20). The van der Waals surface area contributed by atoms with Crippen LogP contribution in [0.3, 0.4) is 0 Å². The van der Waals surface area contributed by atoms with Crippen LogP contribution in [0.2, 0.25) is 0 Å². The van der Waals surface area contributed by atoms with Crippen molar-refractivity contribution in [2.45, 2.75) is 13.0 Å². The van der Waals surface area contributed by atoms with Crippen LogP contribution in [0.5, 0.6) is 11.5 Å². The Morgan fingerprint density at radius 1 is 1.05 bits per heavy atom. The molecule has 0 bridgehead atoms. The van der Waals surface area contributed by atoms with E-state index >= 15 is 0 Å².